The molecular weight excluding hydrogens is 239 g/mol. The third-order valence-electron chi connectivity index (χ3n) is 0.665. The van der Waals surface area contributed by atoms with Crippen molar-refractivity contribution in [2.75, 3.05) is 0 Å². The maximum atomic E-state index is 5.12. The van der Waals surface area contributed by atoms with Crippen LogP contribution in [0.2, 0.25) is 6.32 Å². The zero-order valence-electron chi connectivity index (χ0n) is 5.44. The van der Waals surface area contributed by atoms with Gasteiger partial charge in [0.2, 0.25) is 0 Å². The Hall–Kier alpha value is 1.38. The first-order chi connectivity index (χ1) is 4.81. The first-order valence-electron chi connectivity index (χ1n) is 2.68. The molecule has 0 amide bonds. The minimum absolute atomic E-state index is 0.0193. The topological polar surface area (TPSA) is 0 Å². The summed E-state index contributed by atoms with van der Waals surface area (Å²) in [6.07, 6.45) is 4.49. The first kappa shape index (κ1) is 11.4. The van der Waals surface area contributed by atoms with Crippen LogP contribution in [0, 0.1) is 0 Å². The summed E-state index contributed by atoms with van der Waals surface area (Å²) in [5.74, 6) is 0. The van der Waals surface area contributed by atoms with Crippen molar-refractivity contribution in [3.8, 4) is 0 Å². The predicted octanol–water partition coefficient (Wildman–Crippen LogP) is 0.969. The fraction of sp³-hybridized carbons (Fsp3) is 1.00. The molecule has 58 valence electrons. The second kappa shape index (κ2) is 8.48. The van der Waals surface area contributed by atoms with Gasteiger partial charge in [0, 0.05) is 0 Å². The second-order valence-corrected chi connectivity index (χ2v) is 10.4. The average Bonchev–Trinajstić information content (AvgIpc) is 1.97. The van der Waals surface area contributed by atoms with E-state index >= 15 is 0 Å². The summed E-state index contributed by atoms with van der Waals surface area (Å²) in [6.45, 7) is 2.16. The minimum atomic E-state index is -0.0193. The molecule has 10 heavy (non-hydrogen) atoms. The predicted molar refractivity (Wildman–Crippen MR) is 65.0 cm³/mol. The Morgan fingerprint density at radius 3 is 2.80 bits per heavy atom. The Morgan fingerprint density at radius 1 is 1.60 bits per heavy atom. The molecule has 0 atom stereocenters. The third kappa shape index (κ3) is 7.49. The van der Waals surface area contributed by atoms with Crippen molar-refractivity contribution in [1.82, 2.24) is 0 Å². The Morgan fingerprint density at radius 2 is 2.30 bits per heavy atom. The van der Waals surface area contributed by atoms with Crippen LogP contribution in [0.4, 0.5) is 0 Å². The van der Waals surface area contributed by atoms with Crippen LogP contribution in [0.25, 0.3) is 0 Å². The van der Waals surface area contributed by atoms with Crippen LogP contribution >= 0.6 is 0 Å². The van der Waals surface area contributed by atoms with E-state index in [1.165, 1.54) is 15.3 Å². The Labute approximate surface area is 81.6 Å². The van der Waals surface area contributed by atoms with Gasteiger partial charge in [-0.3, -0.25) is 0 Å². The molecule has 0 fully saturated rings. The molecule has 0 N–H and O–H groups in total. The van der Waals surface area contributed by atoms with Gasteiger partial charge in [-0.1, -0.05) is 0 Å². The van der Waals surface area contributed by atoms with E-state index in [-0.39, 0.29) is 7.44 Å². The van der Waals surface area contributed by atoms with Crippen molar-refractivity contribution < 1.29 is 0 Å². The van der Waals surface area contributed by atoms with E-state index < -0.39 is 0 Å². The standard InChI is InChI=1S/C3H7BS6/c1-2-3-4-10(6)9-8-7-5/h2-3H2,1H3. The van der Waals surface area contributed by atoms with Crippen molar-refractivity contribution in [2.45, 2.75) is 19.7 Å². The van der Waals surface area contributed by atoms with E-state index in [9.17, 15) is 0 Å². The molecule has 0 spiro atoms. The van der Waals surface area contributed by atoms with E-state index in [1.807, 2.05) is 0 Å². The molecule has 0 aliphatic heterocycles. The Balaban J connectivity index is 4.67. The van der Waals surface area contributed by atoms with Gasteiger partial charge in [-0.05, 0) is 0 Å². The van der Waals surface area contributed by atoms with E-state index in [4.69, 9.17) is 11.2 Å². The summed E-state index contributed by atoms with van der Waals surface area (Å²) in [6, 6.07) is 0. The number of hydrogen-bond acceptors (Lipinski definition) is 2. The van der Waals surface area contributed by atoms with Crippen molar-refractivity contribution in [1.29, 1.82) is 0 Å². The summed E-state index contributed by atoms with van der Waals surface area (Å²) >= 11 is 9.81. The van der Waals surface area contributed by atoms with Gasteiger partial charge in [-0.2, -0.15) is 0 Å². The number of rotatable bonds is 2. The first-order valence-corrected chi connectivity index (χ1v) is 9.82. The fourth-order valence-electron chi connectivity index (χ4n) is 0.281. The van der Waals surface area contributed by atoms with Crippen molar-refractivity contribution in [3.05, 3.63) is 0 Å². The second-order valence-electron chi connectivity index (χ2n) is 1.42. The third-order valence-corrected chi connectivity index (χ3v) is 9.68. The molecule has 7 heteroatoms. The summed E-state index contributed by atoms with van der Waals surface area (Å²) in [7, 11) is 4.60. The van der Waals surface area contributed by atoms with Gasteiger partial charge in [0.1, 0.15) is 0 Å². The molecule has 0 aromatic carbocycles. The van der Waals surface area contributed by atoms with Gasteiger partial charge in [-0.25, -0.2) is 0 Å². The number of hydrogen-bond donors (Lipinski definition) is 0. The van der Waals surface area contributed by atoms with Gasteiger partial charge in [0.25, 0.3) is 0 Å². The Kier molecular flexibility index (Phi) is 9.66. The summed E-state index contributed by atoms with van der Waals surface area (Å²) in [5.41, 5.74) is 0. The van der Waals surface area contributed by atoms with Gasteiger partial charge in [0.05, 0.1) is 0 Å². The molecule has 0 saturated heterocycles. The quantitative estimate of drug-likeness (QED) is 0.666. The van der Waals surface area contributed by atoms with E-state index in [0.29, 0.717) is 0 Å². The molecule has 0 saturated carbocycles. The van der Waals surface area contributed by atoms with Crippen LogP contribution < -0.4 is 0 Å². The van der Waals surface area contributed by atoms with Crippen LogP contribution in [0.1, 0.15) is 13.3 Å². The van der Waals surface area contributed by atoms with Gasteiger partial charge in [-0.15, -0.1) is 0 Å². The average molecular weight is 246 g/mol. The SMILES string of the molecule is CCCB=S(=S)=S=S=S=S. The summed E-state index contributed by atoms with van der Waals surface area (Å²) in [5, 5.41) is 0. The normalized spacial score (nSPS) is 7.70. The summed E-state index contributed by atoms with van der Waals surface area (Å²) < 4.78 is 0. The van der Waals surface area contributed by atoms with Crippen molar-refractivity contribution >= 4 is 62.6 Å². The maximum absolute atomic E-state index is 5.12. The molecule has 0 bridgehead atoms. The van der Waals surface area contributed by atoms with Crippen LogP contribution in [0.3, 0.4) is 0 Å². The van der Waals surface area contributed by atoms with E-state index in [2.05, 4.69) is 24.3 Å². The van der Waals surface area contributed by atoms with E-state index in [0.717, 1.165) is 6.32 Å². The van der Waals surface area contributed by atoms with Crippen LogP contribution in [0.5, 0.6) is 0 Å². The Bertz CT molecular complexity index is 309. The van der Waals surface area contributed by atoms with Crippen LogP contribution in [0.15, 0.2) is 0 Å². The molecule has 0 radical (unpaired) electrons. The van der Waals surface area contributed by atoms with Gasteiger partial charge >= 0.3 is 82.3 Å². The van der Waals surface area contributed by atoms with Crippen molar-refractivity contribution in [2.24, 2.45) is 0 Å². The zero-order chi connectivity index (χ0) is 7.82. The molecule has 0 aliphatic rings. The van der Waals surface area contributed by atoms with Crippen LogP contribution in [-0.2, 0) is 56.5 Å². The van der Waals surface area contributed by atoms with Gasteiger partial charge in [0.15, 0.2) is 0 Å². The molecule has 0 aromatic rings. The molecule has 0 rings (SSSR count). The van der Waals surface area contributed by atoms with E-state index in [1.54, 1.807) is 17.8 Å². The zero-order valence-corrected chi connectivity index (χ0v) is 10.3. The monoisotopic (exact) mass is 246 g/mol. The molecule has 0 aromatic heterocycles. The molecule has 0 aliphatic carbocycles. The summed E-state index contributed by atoms with van der Waals surface area (Å²) in [4.78, 5) is 0. The van der Waals surface area contributed by atoms with Crippen LogP contribution in [-0.4, -0.2) is 6.15 Å². The molecule has 0 heterocycles. The molecule has 0 nitrogen and oxygen atoms in total. The molecular formula is C3H7BS6. The van der Waals surface area contributed by atoms with Gasteiger partial charge < -0.3 is 0 Å². The fourth-order valence-corrected chi connectivity index (χ4v) is 8.78. The van der Waals surface area contributed by atoms with Crippen molar-refractivity contribution in [3.63, 3.8) is 0 Å². The molecule has 0 unspecified atom stereocenters.